The van der Waals surface area contributed by atoms with Crippen molar-refractivity contribution in [3.05, 3.63) is 48.5 Å². The number of nitrogens with one attached hydrogen (secondary N) is 1. The molecule has 1 aliphatic carbocycles. The molecule has 28 heavy (non-hydrogen) atoms. The summed E-state index contributed by atoms with van der Waals surface area (Å²) in [5.74, 6) is 1.72. The van der Waals surface area contributed by atoms with E-state index in [0.29, 0.717) is 5.82 Å². The van der Waals surface area contributed by atoms with Crippen molar-refractivity contribution >= 4 is 28.3 Å². The Morgan fingerprint density at radius 2 is 1.68 bits per heavy atom. The lowest BCUT2D eigenvalue weighted by Gasteiger charge is -2.21. The van der Waals surface area contributed by atoms with Gasteiger partial charge >= 0.3 is 0 Å². The highest BCUT2D eigenvalue weighted by Crippen LogP contribution is 2.31. The van der Waals surface area contributed by atoms with Crippen LogP contribution in [0.15, 0.2) is 48.5 Å². The molecule has 4 rings (SSSR count). The van der Waals surface area contributed by atoms with Gasteiger partial charge in [0.25, 0.3) is 0 Å². The van der Waals surface area contributed by atoms with Crippen molar-refractivity contribution in [2.75, 3.05) is 24.3 Å². The van der Waals surface area contributed by atoms with Crippen molar-refractivity contribution in [3.63, 3.8) is 0 Å². The Balaban J connectivity index is 1.73. The number of carbonyl (C=O) groups excluding carboxylic acids is 1. The first-order chi connectivity index (χ1) is 13.6. The van der Waals surface area contributed by atoms with Crippen LogP contribution >= 0.6 is 0 Å². The van der Waals surface area contributed by atoms with Gasteiger partial charge in [0, 0.05) is 31.0 Å². The Morgan fingerprint density at radius 3 is 2.46 bits per heavy atom. The van der Waals surface area contributed by atoms with E-state index in [2.05, 4.69) is 5.32 Å². The summed E-state index contributed by atoms with van der Waals surface area (Å²) < 4.78 is 0. The van der Waals surface area contributed by atoms with Gasteiger partial charge in [-0.2, -0.15) is 0 Å². The third kappa shape index (κ3) is 3.70. The minimum Gasteiger partial charge on any atom is -0.362 e. The maximum atomic E-state index is 12.8. The number of hydrogen-bond acceptors (Lipinski definition) is 4. The molecule has 0 radical (unpaired) electrons. The van der Waals surface area contributed by atoms with Crippen LogP contribution in [0, 0.1) is 5.92 Å². The average Bonchev–Trinajstić information content (AvgIpc) is 2.74. The fraction of sp³-hybridized carbons (Fsp3) is 0.348. The molecule has 1 saturated carbocycles. The van der Waals surface area contributed by atoms with Crippen molar-refractivity contribution in [1.29, 1.82) is 0 Å². The molecule has 1 heterocycles. The lowest BCUT2D eigenvalue weighted by Crippen LogP contribution is -2.25. The summed E-state index contributed by atoms with van der Waals surface area (Å²) in [6, 6.07) is 15.8. The Kier molecular flexibility index (Phi) is 5.24. The maximum Gasteiger partial charge on any atom is 0.227 e. The summed E-state index contributed by atoms with van der Waals surface area (Å²) in [6.45, 7) is 0. The molecule has 5 nitrogen and oxygen atoms in total. The fourth-order valence-corrected chi connectivity index (χ4v) is 3.91. The predicted octanol–water partition coefficient (Wildman–Crippen LogP) is 4.88. The van der Waals surface area contributed by atoms with Crippen LogP contribution in [0.4, 0.5) is 11.5 Å². The van der Waals surface area contributed by atoms with E-state index in [1.165, 1.54) is 6.42 Å². The molecule has 0 aliphatic heterocycles. The molecular formula is C23H26N4O. The van der Waals surface area contributed by atoms with E-state index in [9.17, 15) is 4.79 Å². The van der Waals surface area contributed by atoms with Gasteiger partial charge in [-0.05, 0) is 37.1 Å². The topological polar surface area (TPSA) is 58.1 Å². The first-order valence-electron chi connectivity index (χ1n) is 9.98. The van der Waals surface area contributed by atoms with E-state index in [1.54, 1.807) is 0 Å². The van der Waals surface area contributed by atoms with Crippen molar-refractivity contribution in [1.82, 2.24) is 9.97 Å². The summed E-state index contributed by atoms with van der Waals surface area (Å²) in [7, 11) is 3.96. The van der Waals surface area contributed by atoms with Crippen molar-refractivity contribution in [2.45, 2.75) is 32.1 Å². The molecule has 3 aromatic rings. The summed E-state index contributed by atoms with van der Waals surface area (Å²) in [5.41, 5.74) is 2.52. The van der Waals surface area contributed by atoms with E-state index in [0.717, 1.165) is 53.7 Å². The Morgan fingerprint density at radius 1 is 0.964 bits per heavy atom. The number of rotatable bonds is 4. The Labute approximate surface area is 165 Å². The molecule has 1 N–H and O–H groups in total. The number of benzene rings is 2. The lowest BCUT2D eigenvalue weighted by atomic mass is 9.88. The van der Waals surface area contributed by atoms with Gasteiger partial charge in [-0.15, -0.1) is 0 Å². The standard InChI is InChI=1S/C23H26N4O/c1-27(2)22-18-13-7-9-15-20(18)24-21(26-22)17-12-6-8-14-19(17)25-23(28)16-10-4-3-5-11-16/h6-9,12-16H,3-5,10-11H2,1-2H3,(H,25,28). The molecular weight excluding hydrogens is 348 g/mol. The third-order valence-corrected chi connectivity index (χ3v) is 5.41. The average molecular weight is 374 g/mol. The van der Waals surface area contributed by atoms with Gasteiger partial charge in [-0.25, -0.2) is 9.97 Å². The largest absolute Gasteiger partial charge is 0.362 e. The zero-order chi connectivity index (χ0) is 19.5. The van der Waals surface area contributed by atoms with Crippen LogP contribution in [-0.4, -0.2) is 30.0 Å². The van der Waals surface area contributed by atoms with Crippen LogP contribution in [0.5, 0.6) is 0 Å². The second kappa shape index (κ2) is 7.97. The number of anilines is 2. The second-order valence-corrected chi connectivity index (χ2v) is 7.65. The van der Waals surface area contributed by atoms with Crippen molar-refractivity contribution in [3.8, 4) is 11.4 Å². The van der Waals surface area contributed by atoms with Gasteiger partial charge < -0.3 is 10.2 Å². The van der Waals surface area contributed by atoms with Crippen LogP contribution in [0.25, 0.3) is 22.3 Å². The van der Waals surface area contributed by atoms with Gasteiger partial charge in [0.05, 0.1) is 11.2 Å². The summed E-state index contributed by atoms with van der Waals surface area (Å²) >= 11 is 0. The first-order valence-corrected chi connectivity index (χ1v) is 9.98. The zero-order valence-electron chi connectivity index (χ0n) is 16.5. The lowest BCUT2D eigenvalue weighted by molar-refractivity contribution is -0.120. The molecule has 1 amide bonds. The minimum absolute atomic E-state index is 0.108. The van der Waals surface area contributed by atoms with Gasteiger partial charge in [-0.3, -0.25) is 4.79 Å². The highest BCUT2D eigenvalue weighted by atomic mass is 16.1. The number of fused-ring (bicyclic) bond motifs is 1. The van der Waals surface area contributed by atoms with E-state index >= 15 is 0 Å². The monoisotopic (exact) mass is 374 g/mol. The molecule has 1 fully saturated rings. The number of carbonyl (C=O) groups is 1. The normalized spacial score (nSPS) is 14.8. The van der Waals surface area contributed by atoms with E-state index < -0.39 is 0 Å². The van der Waals surface area contributed by atoms with Crippen LogP contribution in [0.1, 0.15) is 32.1 Å². The molecule has 1 aromatic heterocycles. The molecule has 5 heteroatoms. The van der Waals surface area contributed by atoms with Crippen LogP contribution in [-0.2, 0) is 4.79 Å². The number of nitrogens with zero attached hydrogens (tertiary/aromatic N) is 3. The molecule has 144 valence electrons. The molecule has 0 unspecified atom stereocenters. The van der Waals surface area contributed by atoms with E-state index in [4.69, 9.17) is 9.97 Å². The molecule has 0 saturated heterocycles. The highest BCUT2D eigenvalue weighted by molar-refractivity contribution is 5.97. The van der Waals surface area contributed by atoms with Crippen LogP contribution < -0.4 is 10.2 Å². The SMILES string of the molecule is CN(C)c1nc(-c2ccccc2NC(=O)C2CCCCC2)nc2ccccc12. The molecule has 0 spiro atoms. The van der Waals surface area contributed by atoms with Crippen molar-refractivity contribution < 1.29 is 4.79 Å². The Hall–Kier alpha value is -2.95. The number of aromatic nitrogens is 2. The first kappa shape index (κ1) is 18.4. The molecule has 1 aliphatic rings. The zero-order valence-corrected chi connectivity index (χ0v) is 16.5. The quantitative estimate of drug-likeness (QED) is 0.707. The van der Waals surface area contributed by atoms with Gasteiger partial charge in [0.2, 0.25) is 5.91 Å². The molecule has 2 aromatic carbocycles. The summed E-state index contributed by atoms with van der Waals surface area (Å²) in [5, 5.41) is 4.16. The number of para-hydroxylation sites is 2. The van der Waals surface area contributed by atoms with Crippen molar-refractivity contribution in [2.24, 2.45) is 5.92 Å². The smallest absolute Gasteiger partial charge is 0.227 e. The minimum atomic E-state index is 0.108. The molecule has 0 bridgehead atoms. The Bertz CT molecular complexity index is 993. The fourth-order valence-electron chi connectivity index (χ4n) is 3.91. The van der Waals surface area contributed by atoms with Crippen LogP contribution in [0.2, 0.25) is 0 Å². The van der Waals surface area contributed by atoms with E-state index in [-0.39, 0.29) is 11.8 Å². The van der Waals surface area contributed by atoms with Crippen LogP contribution in [0.3, 0.4) is 0 Å². The van der Waals surface area contributed by atoms with Gasteiger partial charge in [0.15, 0.2) is 5.82 Å². The number of amides is 1. The summed E-state index contributed by atoms with van der Waals surface area (Å²) in [4.78, 5) is 24.4. The van der Waals surface area contributed by atoms with Gasteiger partial charge in [-0.1, -0.05) is 43.5 Å². The summed E-state index contributed by atoms with van der Waals surface area (Å²) in [6.07, 6.45) is 5.47. The van der Waals surface area contributed by atoms with Gasteiger partial charge in [0.1, 0.15) is 5.82 Å². The highest BCUT2D eigenvalue weighted by Gasteiger charge is 2.22. The predicted molar refractivity (Wildman–Crippen MR) is 115 cm³/mol. The second-order valence-electron chi connectivity index (χ2n) is 7.65. The van der Waals surface area contributed by atoms with E-state index in [1.807, 2.05) is 67.5 Å². The number of hydrogen-bond donors (Lipinski definition) is 1. The molecule has 0 atom stereocenters. The maximum absolute atomic E-state index is 12.8. The third-order valence-electron chi connectivity index (χ3n) is 5.41.